The van der Waals surface area contributed by atoms with Gasteiger partial charge in [-0.15, -0.1) is 0 Å². The molecule has 3 N–H and O–H groups in total. The molecule has 1 aliphatic rings. The van der Waals surface area contributed by atoms with Crippen LogP contribution in [0.3, 0.4) is 0 Å². The number of nitrogens with one attached hydrogen (secondary N) is 3. The molecule has 3 rings (SSSR count). The summed E-state index contributed by atoms with van der Waals surface area (Å²) in [6, 6.07) is 4.45. The van der Waals surface area contributed by atoms with Gasteiger partial charge in [-0.25, -0.2) is 9.78 Å². The van der Waals surface area contributed by atoms with E-state index in [0.717, 1.165) is 0 Å². The number of carbonyl (C=O) groups excluding carboxylic acids is 2. The van der Waals surface area contributed by atoms with Gasteiger partial charge in [0.05, 0.1) is 12.2 Å². The van der Waals surface area contributed by atoms with Gasteiger partial charge in [0.25, 0.3) is 5.91 Å². The number of aromatic nitrogens is 2. The molecule has 0 radical (unpaired) electrons. The van der Waals surface area contributed by atoms with Crippen LogP contribution in [-0.2, 0) is 6.54 Å². The number of hydrogen-bond donors (Lipinski definition) is 3. The SMILES string of the molecule is CCNC(=O)Nc1cc(CN2CCN(c3ccc(C(=O)NC)nc3F)CC2)on1. The maximum Gasteiger partial charge on any atom is 0.320 e. The first-order valence-corrected chi connectivity index (χ1v) is 9.36. The Morgan fingerprint density at radius 1 is 1.24 bits per heavy atom. The van der Waals surface area contributed by atoms with Crippen molar-refractivity contribution >= 4 is 23.4 Å². The molecular weight excluding hydrogens is 381 g/mol. The molecule has 3 amide bonds. The minimum absolute atomic E-state index is 0.0507. The van der Waals surface area contributed by atoms with Gasteiger partial charge in [0, 0.05) is 45.8 Å². The second-order valence-corrected chi connectivity index (χ2v) is 6.51. The number of carbonyl (C=O) groups is 2. The number of halogens is 1. The molecule has 2 aromatic rings. The minimum Gasteiger partial charge on any atom is -0.365 e. The Morgan fingerprint density at radius 3 is 2.66 bits per heavy atom. The number of anilines is 2. The number of hydrogen-bond acceptors (Lipinski definition) is 7. The Kier molecular flexibility index (Phi) is 6.60. The van der Waals surface area contributed by atoms with E-state index in [2.05, 4.69) is 31.0 Å². The summed E-state index contributed by atoms with van der Waals surface area (Å²) in [5, 5.41) is 11.5. The number of urea groups is 1. The van der Waals surface area contributed by atoms with Gasteiger partial charge in [-0.05, 0) is 19.1 Å². The number of amides is 3. The van der Waals surface area contributed by atoms with Crippen molar-refractivity contribution in [2.45, 2.75) is 13.5 Å². The lowest BCUT2D eigenvalue weighted by Gasteiger charge is -2.35. The summed E-state index contributed by atoms with van der Waals surface area (Å²) >= 11 is 0. The van der Waals surface area contributed by atoms with Crippen LogP contribution in [0.15, 0.2) is 22.7 Å². The predicted octanol–water partition coefficient (Wildman–Crippen LogP) is 1.03. The third kappa shape index (κ3) is 5.19. The zero-order valence-corrected chi connectivity index (χ0v) is 16.4. The highest BCUT2D eigenvalue weighted by atomic mass is 19.1. The second kappa shape index (κ2) is 9.32. The van der Waals surface area contributed by atoms with Crippen LogP contribution in [0.1, 0.15) is 23.2 Å². The molecule has 3 heterocycles. The van der Waals surface area contributed by atoms with Crippen molar-refractivity contribution < 1.29 is 18.5 Å². The van der Waals surface area contributed by atoms with Crippen molar-refractivity contribution in [2.24, 2.45) is 0 Å². The topological polar surface area (TPSA) is 116 Å². The fraction of sp³-hybridized carbons (Fsp3) is 0.444. The van der Waals surface area contributed by atoms with E-state index in [1.165, 1.54) is 13.1 Å². The third-order valence-corrected chi connectivity index (χ3v) is 4.52. The van der Waals surface area contributed by atoms with Crippen molar-refractivity contribution in [1.82, 2.24) is 25.7 Å². The van der Waals surface area contributed by atoms with E-state index >= 15 is 0 Å². The van der Waals surface area contributed by atoms with Crippen molar-refractivity contribution in [2.75, 3.05) is 50.0 Å². The Labute approximate surface area is 167 Å². The number of nitrogens with zero attached hydrogens (tertiary/aromatic N) is 4. The van der Waals surface area contributed by atoms with Gasteiger partial charge in [0.15, 0.2) is 11.6 Å². The van der Waals surface area contributed by atoms with Crippen molar-refractivity contribution in [1.29, 1.82) is 0 Å². The van der Waals surface area contributed by atoms with Gasteiger partial charge in [-0.2, -0.15) is 4.39 Å². The highest BCUT2D eigenvalue weighted by Crippen LogP contribution is 2.21. The second-order valence-electron chi connectivity index (χ2n) is 6.51. The largest absolute Gasteiger partial charge is 0.365 e. The van der Waals surface area contributed by atoms with Gasteiger partial charge >= 0.3 is 6.03 Å². The first kappa shape index (κ1) is 20.5. The standard InChI is InChI=1S/C18H24FN7O3/c1-3-21-18(28)23-15-10-12(29-24-15)11-25-6-8-26(9-7-25)14-5-4-13(17(27)20-2)22-16(14)19/h4-5,10H,3,6-9,11H2,1-2H3,(H,20,27)(H2,21,23,24,28). The van der Waals surface area contributed by atoms with Crippen LogP contribution < -0.4 is 20.9 Å². The van der Waals surface area contributed by atoms with Crippen LogP contribution in [-0.4, -0.2) is 66.8 Å². The molecule has 156 valence electrons. The maximum absolute atomic E-state index is 14.3. The van der Waals surface area contributed by atoms with Gasteiger partial charge < -0.3 is 20.1 Å². The Balaban J connectivity index is 1.53. The zero-order valence-electron chi connectivity index (χ0n) is 16.4. The smallest absolute Gasteiger partial charge is 0.320 e. The highest BCUT2D eigenvalue weighted by Gasteiger charge is 2.22. The van der Waals surface area contributed by atoms with Gasteiger partial charge in [-0.3, -0.25) is 15.0 Å². The summed E-state index contributed by atoms with van der Waals surface area (Å²) in [6.45, 7) is 5.48. The molecule has 0 aliphatic carbocycles. The van der Waals surface area contributed by atoms with Crippen LogP contribution in [0.4, 0.5) is 20.7 Å². The number of rotatable bonds is 6. The molecule has 11 heteroatoms. The number of pyridine rings is 1. The fourth-order valence-corrected chi connectivity index (χ4v) is 3.05. The quantitative estimate of drug-likeness (QED) is 0.615. The van der Waals surface area contributed by atoms with E-state index in [-0.39, 0.29) is 11.7 Å². The van der Waals surface area contributed by atoms with Crippen LogP contribution in [0.5, 0.6) is 0 Å². The lowest BCUT2D eigenvalue weighted by Crippen LogP contribution is -2.46. The third-order valence-electron chi connectivity index (χ3n) is 4.52. The molecule has 1 aliphatic heterocycles. The predicted molar refractivity (Wildman–Crippen MR) is 104 cm³/mol. The molecule has 0 saturated carbocycles. The summed E-state index contributed by atoms with van der Waals surface area (Å²) in [6.07, 6.45) is 0. The van der Waals surface area contributed by atoms with Crippen LogP contribution in [0.2, 0.25) is 0 Å². The lowest BCUT2D eigenvalue weighted by atomic mass is 10.2. The summed E-state index contributed by atoms with van der Waals surface area (Å²) in [7, 11) is 1.47. The normalized spacial score (nSPS) is 14.5. The monoisotopic (exact) mass is 405 g/mol. The Bertz CT molecular complexity index is 865. The molecule has 0 bridgehead atoms. The molecular formula is C18H24FN7O3. The minimum atomic E-state index is -0.657. The first-order valence-electron chi connectivity index (χ1n) is 9.36. The number of piperazine rings is 1. The zero-order chi connectivity index (χ0) is 20.8. The Hall–Kier alpha value is -3.21. The van der Waals surface area contributed by atoms with Crippen molar-refractivity contribution in [3.63, 3.8) is 0 Å². The average molecular weight is 405 g/mol. The fourth-order valence-electron chi connectivity index (χ4n) is 3.05. The van der Waals surface area contributed by atoms with Crippen LogP contribution in [0, 0.1) is 5.95 Å². The molecule has 0 atom stereocenters. The van der Waals surface area contributed by atoms with Crippen LogP contribution in [0.25, 0.3) is 0 Å². The summed E-state index contributed by atoms with van der Waals surface area (Å²) < 4.78 is 19.6. The summed E-state index contributed by atoms with van der Waals surface area (Å²) in [4.78, 5) is 30.9. The van der Waals surface area contributed by atoms with Crippen molar-refractivity contribution in [3.8, 4) is 0 Å². The molecule has 1 saturated heterocycles. The van der Waals surface area contributed by atoms with Crippen molar-refractivity contribution in [3.05, 3.63) is 35.6 Å². The molecule has 0 aromatic carbocycles. The van der Waals surface area contributed by atoms with E-state index in [0.29, 0.717) is 56.5 Å². The van der Waals surface area contributed by atoms with E-state index < -0.39 is 11.9 Å². The molecule has 1 fully saturated rings. The van der Waals surface area contributed by atoms with Gasteiger partial charge in [-0.1, -0.05) is 5.16 Å². The highest BCUT2D eigenvalue weighted by molar-refractivity contribution is 5.92. The van der Waals surface area contributed by atoms with E-state index in [9.17, 15) is 14.0 Å². The van der Waals surface area contributed by atoms with E-state index in [4.69, 9.17) is 4.52 Å². The summed E-state index contributed by atoms with van der Waals surface area (Å²) in [5.41, 5.74) is 0.431. The molecule has 0 spiro atoms. The summed E-state index contributed by atoms with van der Waals surface area (Å²) in [5.74, 6) is -0.0915. The first-order chi connectivity index (χ1) is 14.0. The van der Waals surface area contributed by atoms with E-state index in [1.807, 2.05) is 11.8 Å². The lowest BCUT2D eigenvalue weighted by molar-refractivity contribution is 0.0957. The van der Waals surface area contributed by atoms with Crippen LogP contribution >= 0.6 is 0 Å². The molecule has 0 unspecified atom stereocenters. The van der Waals surface area contributed by atoms with Gasteiger partial charge in [0.1, 0.15) is 5.69 Å². The molecule has 10 nitrogen and oxygen atoms in total. The Morgan fingerprint density at radius 2 is 2.00 bits per heavy atom. The van der Waals surface area contributed by atoms with Gasteiger partial charge in [0.2, 0.25) is 5.95 Å². The molecule has 2 aromatic heterocycles. The maximum atomic E-state index is 14.3. The molecule has 29 heavy (non-hydrogen) atoms. The average Bonchev–Trinajstić information content (AvgIpc) is 3.14. The van der Waals surface area contributed by atoms with E-state index in [1.54, 1.807) is 12.1 Å².